The summed E-state index contributed by atoms with van der Waals surface area (Å²) in [5.74, 6) is 2.34. The zero-order chi connectivity index (χ0) is 21.6. The molecule has 2 aromatic carbocycles. The highest BCUT2D eigenvalue weighted by Gasteiger charge is 2.23. The van der Waals surface area contributed by atoms with Crippen molar-refractivity contribution in [1.82, 2.24) is 15.5 Å². The molecule has 0 saturated heterocycles. The molecule has 0 aromatic heterocycles. The van der Waals surface area contributed by atoms with E-state index in [0.717, 1.165) is 30.9 Å². The van der Waals surface area contributed by atoms with Gasteiger partial charge in [0.05, 0.1) is 13.2 Å². The fourth-order valence-corrected chi connectivity index (χ4v) is 3.81. The van der Waals surface area contributed by atoms with Crippen LogP contribution in [0.15, 0.2) is 47.5 Å². The van der Waals surface area contributed by atoms with E-state index in [1.54, 1.807) is 7.05 Å². The first kappa shape index (κ1) is 21.2. The molecule has 2 aromatic rings. The van der Waals surface area contributed by atoms with Gasteiger partial charge >= 0.3 is 0 Å². The summed E-state index contributed by atoms with van der Waals surface area (Å²) in [6.45, 7) is 5.11. The van der Waals surface area contributed by atoms with Crippen LogP contribution in [-0.4, -0.2) is 43.5 Å². The molecule has 0 atom stereocenters. The number of carbonyl (C=O) groups is 1. The van der Waals surface area contributed by atoms with Crippen LogP contribution in [0.5, 0.6) is 5.75 Å². The molecule has 2 aliphatic rings. The van der Waals surface area contributed by atoms with E-state index in [2.05, 4.69) is 58.9 Å². The topological polar surface area (TPSA) is 66.0 Å². The van der Waals surface area contributed by atoms with E-state index in [1.807, 2.05) is 11.0 Å². The van der Waals surface area contributed by atoms with E-state index in [-0.39, 0.29) is 12.5 Å². The smallest absolute Gasteiger partial charge is 0.242 e. The van der Waals surface area contributed by atoms with Crippen molar-refractivity contribution in [3.05, 3.63) is 64.7 Å². The predicted molar refractivity (Wildman–Crippen MR) is 123 cm³/mol. The van der Waals surface area contributed by atoms with E-state index in [1.165, 1.54) is 29.5 Å². The Bertz CT molecular complexity index is 952. The number of nitrogens with zero attached hydrogens (tertiary/aromatic N) is 2. The van der Waals surface area contributed by atoms with E-state index < -0.39 is 0 Å². The van der Waals surface area contributed by atoms with E-state index >= 15 is 0 Å². The largest absolute Gasteiger partial charge is 0.493 e. The van der Waals surface area contributed by atoms with Crippen molar-refractivity contribution in [3.63, 3.8) is 0 Å². The average Bonchev–Trinajstić information content (AvgIpc) is 3.62. The number of carbonyl (C=O) groups excluding carboxylic acids is 1. The van der Waals surface area contributed by atoms with Gasteiger partial charge < -0.3 is 20.3 Å². The Hall–Kier alpha value is -3.02. The maximum Gasteiger partial charge on any atom is 0.242 e. The van der Waals surface area contributed by atoms with Gasteiger partial charge in [-0.25, -0.2) is 0 Å². The standard InChI is InChI=1S/C25H32N4O2/c1-18-7-10-21(23(13-18)31-17-19-8-9-19)14-27-25(26-2)28-15-24(30)29-12-11-20-5-3-4-6-22(20)16-29/h3-7,10,13,19H,8-9,11-12,14-17H2,1-2H3,(H2,26,27,28). The molecule has 6 nitrogen and oxygen atoms in total. The molecule has 6 heteroatoms. The fourth-order valence-electron chi connectivity index (χ4n) is 3.81. The number of hydrogen-bond donors (Lipinski definition) is 2. The fraction of sp³-hybridized carbons (Fsp3) is 0.440. The van der Waals surface area contributed by atoms with Crippen molar-refractivity contribution in [2.75, 3.05) is 26.7 Å². The first-order valence-electron chi connectivity index (χ1n) is 11.1. The molecule has 1 aliphatic carbocycles. The van der Waals surface area contributed by atoms with Crippen LogP contribution in [0.1, 0.15) is 35.1 Å². The lowest BCUT2D eigenvalue weighted by molar-refractivity contribution is -0.130. The van der Waals surface area contributed by atoms with Gasteiger partial charge in [-0.3, -0.25) is 9.79 Å². The molecule has 0 bridgehead atoms. The Labute approximate surface area is 184 Å². The van der Waals surface area contributed by atoms with Gasteiger partial charge in [-0.1, -0.05) is 36.4 Å². The highest BCUT2D eigenvalue weighted by molar-refractivity contribution is 5.86. The highest BCUT2D eigenvalue weighted by Crippen LogP contribution is 2.30. The Morgan fingerprint density at radius 3 is 2.74 bits per heavy atom. The van der Waals surface area contributed by atoms with Crippen LogP contribution in [0.25, 0.3) is 0 Å². The SMILES string of the molecule is CN=C(NCC(=O)N1CCc2ccccc2C1)NCc1ccc(C)cc1OCC1CC1. The molecular weight excluding hydrogens is 388 g/mol. The summed E-state index contributed by atoms with van der Waals surface area (Å²) in [5, 5.41) is 6.47. The minimum atomic E-state index is 0.0845. The molecule has 1 saturated carbocycles. The first-order valence-corrected chi connectivity index (χ1v) is 11.1. The summed E-state index contributed by atoms with van der Waals surface area (Å²) in [4.78, 5) is 18.9. The van der Waals surface area contributed by atoms with Crippen LogP contribution >= 0.6 is 0 Å². The van der Waals surface area contributed by atoms with Crippen molar-refractivity contribution in [2.45, 2.75) is 39.3 Å². The van der Waals surface area contributed by atoms with Crippen molar-refractivity contribution in [2.24, 2.45) is 10.9 Å². The number of guanidine groups is 1. The summed E-state index contributed by atoms with van der Waals surface area (Å²) < 4.78 is 6.05. The molecule has 0 radical (unpaired) electrons. The van der Waals surface area contributed by atoms with Gasteiger partial charge in [0.15, 0.2) is 5.96 Å². The number of benzene rings is 2. The van der Waals surface area contributed by atoms with Crippen LogP contribution in [-0.2, 0) is 24.3 Å². The Morgan fingerprint density at radius 1 is 1.16 bits per heavy atom. The van der Waals surface area contributed by atoms with Crippen molar-refractivity contribution in [3.8, 4) is 5.75 Å². The second kappa shape index (κ2) is 9.86. The summed E-state index contributed by atoms with van der Waals surface area (Å²) in [6.07, 6.45) is 3.45. The van der Waals surface area contributed by atoms with E-state index in [9.17, 15) is 4.79 Å². The number of hydrogen-bond acceptors (Lipinski definition) is 3. The van der Waals surface area contributed by atoms with E-state index in [4.69, 9.17) is 4.74 Å². The van der Waals surface area contributed by atoms with E-state index in [0.29, 0.717) is 25.0 Å². The third-order valence-electron chi connectivity index (χ3n) is 5.95. The molecule has 1 fully saturated rings. The van der Waals surface area contributed by atoms with Crippen molar-refractivity contribution >= 4 is 11.9 Å². The monoisotopic (exact) mass is 420 g/mol. The second-order valence-electron chi connectivity index (χ2n) is 8.48. The Morgan fingerprint density at radius 2 is 1.97 bits per heavy atom. The number of rotatable bonds is 7. The third kappa shape index (κ3) is 5.78. The van der Waals surface area contributed by atoms with Crippen LogP contribution in [0.2, 0.25) is 0 Å². The molecule has 4 rings (SSSR count). The lowest BCUT2D eigenvalue weighted by atomic mass is 10.00. The quantitative estimate of drug-likeness (QED) is 0.534. The lowest BCUT2D eigenvalue weighted by Crippen LogP contribution is -2.45. The van der Waals surface area contributed by atoms with Crippen molar-refractivity contribution in [1.29, 1.82) is 0 Å². The minimum absolute atomic E-state index is 0.0845. The van der Waals surface area contributed by atoms with Crippen LogP contribution < -0.4 is 15.4 Å². The van der Waals surface area contributed by atoms with Crippen molar-refractivity contribution < 1.29 is 9.53 Å². The number of amides is 1. The van der Waals surface area contributed by atoms with Gasteiger partial charge in [-0.15, -0.1) is 0 Å². The lowest BCUT2D eigenvalue weighted by Gasteiger charge is -2.29. The zero-order valence-corrected chi connectivity index (χ0v) is 18.5. The van der Waals surface area contributed by atoms with Gasteiger partial charge in [0.25, 0.3) is 0 Å². The molecule has 0 spiro atoms. The number of nitrogens with one attached hydrogen (secondary N) is 2. The number of ether oxygens (including phenoxy) is 1. The third-order valence-corrected chi connectivity index (χ3v) is 5.95. The zero-order valence-electron chi connectivity index (χ0n) is 18.5. The van der Waals surface area contributed by atoms with Crippen LogP contribution in [0.3, 0.4) is 0 Å². The summed E-state index contributed by atoms with van der Waals surface area (Å²) in [6, 6.07) is 14.6. The maximum atomic E-state index is 12.7. The Balaban J connectivity index is 1.28. The first-order chi connectivity index (χ1) is 15.1. The number of aryl methyl sites for hydroxylation is 1. The average molecular weight is 421 g/mol. The summed E-state index contributed by atoms with van der Waals surface area (Å²) >= 11 is 0. The molecule has 31 heavy (non-hydrogen) atoms. The second-order valence-corrected chi connectivity index (χ2v) is 8.48. The summed E-state index contributed by atoms with van der Waals surface area (Å²) in [5.41, 5.74) is 4.86. The molecule has 0 unspecified atom stereocenters. The summed E-state index contributed by atoms with van der Waals surface area (Å²) in [7, 11) is 1.72. The number of aliphatic imine (C=N–C) groups is 1. The highest BCUT2D eigenvalue weighted by atomic mass is 16.5. The Kier molecular flexibility index (Phi) is 6.75. The van der Waals surface area contributed by atoms with Gasteiger partial charge in [0, 0.05) is 32.2 Å². The maximum absolute atomic E-state index is 12.7. The molecule has 1 amide bonds. The van der Waals surface area contributed by atoms with Gasteiger partial charge in [0.2, 0.25) is 5.91 Å². The minimum Gasteiger partial charge on any atom is -0.493 e. The molecule has 164 valence electrons. The normalized spacial score (nSPS) is 15.9. The molecule has 1 aliphatic heterocycles. The van der Waals surface area contributed by atoms with Gasteiger partial charge in [-0.05, 0) is 54.9 Å². The molecule has 1 heterocycles. The van der Waals surface area contributed by atoms with Crippen LogP contribution in [0.4, 0.5) is 0 Å². The number of fused-ring (bicyclic) bond motifs is 1. The van der Waals surface area contributed by atoms with Crippen LogP contribution in [0, 0.1) is 12.8 Å². The van der Waals surface area contributed by atoms with Gasteiger partial charge in [-0.2, -0.15) is 0 Å². The van der Waals surface area contributed by atoms with Gasteiger partial charge in [0.1, 0.15) is 5.75 Å². The molecular formula is C25H32N4O2. The predicted octanol–water partition coefficient (Wildman–Crippen LogP) is 3.03. The molecule has 2 N–H and O–H groups in total.